The predicted octanol–water partition coefficient (Wildman–Crippen LogP) is 4.15. The maximum atomic E-state index is 6.20. The number of nitrogen functional groups attached to an aromatic ring is 1. The van der Waals surface area contributed by atoms with Crippen molar-refractivity contribution in [1.29, 1.82) is 0 Å². The van der Waals surface area contributed by atoms with Gasteiger partial charge in [0.2, 0.25) is 0 Å². The van der Waals surface area contributed by atoms with E-state index < -0.39 is 0 Å². The molecule has 3 rings (SSSR count). The lowest BCUT2D eigenvalue weighted by atomic mass is 9.84. The zero-order valence-corrected chi connectivity index (χ0v) is 14.1. The molecule has 122 valence electrons. The molecule has 0 saturated heterocycles. The lowest BCUT2D eigenvalue weighted by Gasteiger charge is -2.28. The molecule has 1 aliphatic rings. The number of aromatic nitrogens is 3. The molecule has 2 aromatic heterocycles. The van der Waals surface area contributed by atoms with Crippen LogP contribution in [-0.2, 0) is 0 Å². The summed E-state index contributed by atoms with van der Waals surface area (Å²) in [7, 11) is 0. The Balaban J connectivity index is 1.78. The van der Waals surface area contributed by atoms with Gasteiger partial charge < -0.3 is 11.1 Å². The number of anilines is 2. The topological polar surface area (TPSA) is 76.7 Å². The van der Waals surface area contributed by atoms with Crippen LogP contribution in [0.3, 0.4) is 0 Å². The zero-order chi connectivity index (χ0) is 16.2. The fraction of sp³-hybridized carbons (Fsp3) is 0.471. The molecule has 0 radical (unpaired) electrons. The van der Waals surface area contributed by atoms with Gasteiger partial charge in [0.05, 0.1) is 23.1 Å². The summed E-state index contributed by atoms with van der Waals surface area (Å²) in [6.45, 7) is 2.22. The van der Waals surface area contributed by atoms with Crippen LogP contribution in [0.15, 0.2) is 24.7 Å². The molecule has 2 heterocycles. The molecule has 0 aliphatic heterocycles. The zero-order valence-electron chi connectivity index (χ0n) is 13.3. The van der Waals surface area contributed by atoms with Gasteiger partial charge in [-0.25, -0.2) is 9.97 Å². The number of nitrogens with zero attached hydrogens (tertiary/aromatic N) is 3. The monoisotopic (exact) mass is 331 g/mol. The van der Waals surface area contributed by atoms with Gasteiger partial charge in [-0.3, -0.25) is 4.98 Å². The molecule has 23 heavy (non-hydrogen) atoms. The molecule has 1 saturated carbocycles. The normalized spacial score (nSPS) is 17.0. The first-order chi connectivity index (χ1) is 11.1. The standard InChI is InChI=1S/C17H22ClN5/c1-11(12-5-3-2-4-6-12)22-17-10-20-9-15(23-17)13-7-16(19)21-8-14(13)18/h7-12H,2-6H2,1H3,(H2,19,21)(H,22,23)/t11-/m1/s1. The second kappa shape index (κ2) is 7.13. The van der Waals surface area contributed by atoms with Crippen molar-refractivity contribution in [3.05, 3.63) is 29.7 Å². The number of rotatable bonds is 4. The van der Waals surface area contributed by atoms with Crippen LogP contribution in [-0.4, -0.2) is 21.0 Å². The Kier molecular flexibility index (Phi) is 4.96. The van der Waals surface area contributed by atoms with Crippen LogP contribution >= 0.6 is 11.6 Å². The molecule has 0 spiro atoms. The Morgan fingerprint density at radius 3 is 2.78 bits per heavy atom. The molecule has 0 unspecified atom stereocenters. The fourth-order valence-corrected chi connectivity index (χ4v) is 3.40. The van der Waals surface area contributed by atoms with Crippen LogP contribution in [0.5, 0.6) is 0 Å². The van der Waals surface area contributed by atoms with E-state index in [0.29, 0.717) is 28.5 Å². The van der Waals surface area contributed by atoms with Crippen molar-refractivity contribution in [3.8, 4) is 11.3 Å². The van der Waals surface area contributed by atoms with E-state index >= 15 is 0 Å². The average molecular weight is 332 g/mol. The number of pyridine rings is 1. The maximum Gasteiger partial charge on any atom is 0.145 e. The van der Waals surface area contributed by atoms with Gasteiger partial charge in [-0.1, -0.05) is 30.9 Å². The molecule has 6 heteroatoms. The van der Waals surface area contributed by atoms with E-state index in [1.165, 1.54) is 32.1 Å². The highest BCUT2D eigenvalue weighted by Gasteiger charge is 2.20. The lowest BCUT2D eigenvalue weighted by molar-refractivity contribution is 0.328. The molecule has 1 atom stereocenters. The summed E-state index contributed by atoms with van der Waals surface area (Å²) in [5.74, 6) is 1.89. The highest BCUT2D eigenvalue weighted by molar-refractivity contribution is 6.33. The van der Waals surface area contributed by atoms with Crippen molar-refractivity contribution < 1.29 is 0 Å². The maximum absolute atomic E-state index is 6.20. The average Bonchev–Trinajstić information content (AvgIpc) is 2.58. The first kappa shape index (κ1) is 16.0. The summed E-state index contributed by atoms with van der Waals surface area (Å²) in [6.07, 6.45) is 11.6. The van der Waals surface area contributed by atoms with E-state index in [0.717, 1.165) is 11.4 Å². The minimum atomic E-state index is 0.387. The molecule has 3 N–H and O–H groups in total. The van der Waals surface area contributed by atoms with Crippen LogP contribution in [0.2, 0.25) is 5.02 Å². The second-order valence-electron chi connectivity index (χ2n) is 6.21. The Labute approximate surface area is 141 Å². The molecule has 0 amide bonds. The molecular weight excluding hydrogens is 310 g/mol. The number of halogens is 1. The summed E-state index contributed by atoms with van der Waals surface area (Å²) in [4.78, 5) is 12.9. The number of nitrogens with two attached hydrogens (primary N) is 1. The molecule has 2 aromatic rings. The SMILES string of the molecule is C[C@@H](Nc1cncc(-c2cc(N)ncc2Cl)n1)C1CCCCC1. The van der Waals surface area contributed by atoms with Crippen LogP contribution in [0, 0.1) is 5.92 Å². The largest absolute Gasteiger partial charge is 0.384 e. The third kappa shape index (κ3) is 3.91. The van der Waals surface area contributed by atoms with Crippen LogP contribution in [0.4, 0.5) is 11.6 Å². The number of hydrogen-bond acceptors (Lipinski definition) is 5. The van der Waals surface area contributed by atoms with Gasteiger partial charge in [0.15, 0.2) is 0 Å². The van der Waals surface area contributed by atoms with E-state index in [1.54, 1.807) is 24.7 Å². The van der Waals surface area contributed by atoms with Gasteiger partial charge in [-0.15, -0.1) is 0 Å². The van der Waals surface area contributed by atoms with Gasteiger partial charge >= 0.3 is 0 Å². The smallest absolute Gasteiger partial charge is 0.145 e. The van der Waals surface area contributed by atoms with Crippen molar-refractivity contribution in [1.82, 2.24) is 15.0 Å². The number of hydrogen-bond donors (Lipinski definition) is 2. The Morgan fingerprint density at radius 1 is 1.22 bits per heavy atom. The molecule has 1 fully saturated rings. The summed E-state index contributed by atoms with van der Waals surface area (Å²) in [5, 5.41) is 4.01. The summed E-state index contributed by atoms with van der Waals surface area (Å²) >= 11 is 6.20. The fourth-order valence-electron chi connectivity index (χ4n) is 3.20. The highest BCUT2D eigenvalue weighted by Crippen LogP contribution is 2.29. The third-order valence-corrected chi connectivity index (χ3v) is 4.82. The van der Waals surface area contributed by atoms with E-state index in [2.05, 4.69) is 27.2 Å². The Bertz CT molecular complexity index is 670. The first-order valence-corrected chi connectivity index (χ1v) is 8.51. The second-order valence-corrected chi connectivity index (χ2v) is 6.62. The summed E-state index contributed by atoms with van der Waals surface area (Å²) in [6, 6.07) is 2.11. The van der Waals surface area contributed by atoms with Crippen molar-refractivity contribution in [2.75, 3.05) is 11.1 Å². The Hall–Kier alpha value is -1.88. The Morgan fingerprint density at radius 2 is 2.00 bits per heavy atom. The van der Waals surface area contributed by atoms with Crippen LogP contribution in [0.25, 0.3) is 11.3 Å². The van der Waals surface area contributed by atoms with E-state index in [4.69, 9.17) is 17.3 Å². The highest BCUT2D eigenvalue weighted by atomic mass is 35.5. The minimum absolute atomic E-state index is 0.387. The van der Waals surface area contributed by atoms with Crippen molar-refractivity contribution in [2.24, 2.45) is 5.92 Å². The quantitative estimate of drug-likeness (QED) is 0.879. The van der Waals surface area contributed by atoms with Gasteiger partial charge in [0.1, 0.15) is 11.6 Å². The predicted molar refractivity (Wildman–Crippen MR) is 94.3 cm³/mol. The van der Waals surface area contributed by atoms with Crippen LogP contribution in [0.1, 0.15) is 39.0 Å². The van der Waals surface area contributed by atoms with Crippen molar-refractivity contribution >= 4 is 23.2 Å². The van der Waals surface area contributed by atoms with Gasteiger partial charge in [-0.05, 0) is 31.7 Å². The summed E-state index contributed by atoms with van der Waals surface area (Å²) in [5.41, 5.74) is 7.20. The van der Waals surface area contributed by atoms with Gasteiger partial charge in [0, 0.05) is 17.8 Å². The molecule has 5 nitrogen and oxygen atoms in total. The van der Waals surface area contributed by atoms with Gasteiger partial charge in [0.25, 0.3) is 0 Å². The van der Waals surface area contributed by atoms with E-state index in [1.807, 2.05) is 0 Å². The molecule has 0 bridgehead atoms. The lowest BCUT2D eigenvalue weighted by Crippen LogP contribution is -2.28. The summed E-state index contributed by atoms with van der Waals surface area (Å²) < 4.78 is 0. The third-order valence-electron chi connectivity index (χ3n) is 4.52. The van der Waals surface area contributed by atoms with Gasteiger partial charge in [-0.2, -0.15) is 0 Å². The molecule has 1 aliphatic carbocycles. The van der Waals surface area contributed by atoms with Crippen LogP contribution < -0.4 is 11.1 Å². The first-order valence-electron chi connectivity index (χ1n) is 8.13. The molecular formula is C17H22ClN5. The van der Waals surface area contributed by atoms with Crippen molar-refractivity contribution in [3.63, 3.8) is 0 Å². The van der Waals surface area contributed by atoms with Crippen molar-refractivity contribution in [2.45, 2.75) is 45.1 Å². The van der Waals surface area contributed by atoms with E-state index in [9.17, 15) is 0 Å². The minimum Gasteiger partial charge on any atom is -0.384 e. The number of nitrogens with one attached hydrogen (secondary N) is 1. The molecule has 0 aromatic carbocycles. The van der Waals surface area contributed by atoms with E-state index in [-0.39, 0.29) is 0 Å².